The van der Waals surface area contributed by atoms with E-state index in [0.717, 1.165) is 11.2 Å². The van der Waals surface area contributed by atoms with Gasteiger partial charge in [-0.1, -0.05) is 6.07 Å². The predicted molar refractivity (Wildman–Crippen MR) is 92.2 cm³/mol. The van der Waals surface area contributed by atoms with Crippen molar-refractivity contribution in [2.45, 2.75) is 45.3 Å². The van der Waals surface area contributed by atoms with E-state index in [-0.39, 0.29) is 5.56 Å². The van der Waals surface area contributed by atoms with Crippen molar-refractivity contribution in [1.82, 2.24) is 14.5 Å². The average molecular weight is 327 g/mol. The predicted octanol–water partition coefficient (Wildman–Crippen LogP) is 1.07. The van der Waals surface area contributed by atoms with Gasteiger partial charge in [-0.15, -0.1) is 0 Å². The Morgan fingerprint density at radius 3 is 2.46 bits per heavy atom. The van der Waals surface area contributed by atoms with Crippen LogP contribution in [0.25, 0.3) is 0 Å². The number of hydrogen-bond acceptors (Lipinski definition) is 5. The highest BCUT2D eigenvalue weighted by molar-refractivity contribution is 6.62. The summed E-state index contributed by atoms with van der Waals surface area (Å²) in [4.78, 5) is 20.5. The maximum atomic E-state index is 12.4. The topological polar surface area (TPSA) is 66.2 Å². The van der Waals surface area contributed by atoms with Gasteiger partial charge in [0.25, 0.3) is 5.56 Å². The van der Waals surface area contributed by atoms with Gasteiger partial charge < -0.3 is 13.9 Å². The smallest absolute Gasteiger partial charge is 0.399 e. The van der Waals surface area contributed by atoms with Gasteiger partial charge in [0, 0.05) is 37.1 Å². The Bertz CT molecular complexity index is 786. The van der Waals surface area contributed by atoms with Crippen molar-refractivity contribution in [2.24, 2.45) is 7.05 Å². The molecule has 3 rings (SSSR count). The molecule has 0 amide bonds. The SMILES string of the molecule is Cn1cc(B2OC(C)(C)C(C)(C)O2)cc(Cc2ccncn2)c1=O. The Hall–Kier alpha value is -1.99. The molecular weight excluding hydrogens is 305 g/mol. The van der Waals surface area contributed by atoms with Crippen molar-refractivity contribution in [3.63, 3.8) is 0 Å². The lowest BCUT2D eigenvalue weighted by Crippen LogP contribution is -2.41. The molecule has 0 atom stereocenters. The summed E-state index contributed by atoms with van der Waals surface area (Å²) in [5.74, 6) is 0. The fraction of sp³-hybridized carbons (Fsp3) is 0.471. The van der Waals surface area contributed by atoms with Crippen molar-refractivity contribution in [3.05, 3.63) is 52.5 Å². The van der Waals surface area contributed by atoms with Gasteiger partial charge in [-0.3, -0.25) is 4.79 Å². The number of pyridine rings is 1. The zero-order valence-corrected chi connectivity index (χ0v) is 14.7. The highest BCUT2D eigenvalue weighted by Crippen LogP contribution is 2.36. The summed E-state index contributed by atoms with van der Waals surface area (Å²) >= 11 is 0. The molecular formula is C17H22BN3O3. The molecule has 7 heteroatoms. The molecule has 3 heterocycles. The molecule has 0 aliphatic carbocycles. The minimum Gasteiger partial charge on any atom is -0.399 e. The third-order valence-electron chi connectivity index (χ3n) is 4.82. The van der Waals surface area contributed by atoms with E-state index < -0.39 is 18.3 Å². The van der Waals surface area contributed by atoms with Crippen LogP contribution in [-0.2, 0) is 22.8 Å². The minimum absolute atomic E-state index is 0.0473. The van der Waals surface area contributed by atoms with E-state index in [1.807, 2.05) is 33.8 Å². The first-order valence-corrected chi connectivity index (χ1v) is 7.99. The molecule has 1 fully saturated rings. The lowest BCUT2D eigenvalue weighted by Gasteiger charge is -2.32. The van der Waals surface area contributed by atoms with E-state index in [0.29, 0.717) is 12.0 Å². The second-order valence-electron chi connectivity index (χ2n) is 7.18. The van der Waals surface area contributed by atoms with Gasteiger partial charge in [0.15, 0.2) is 0 Å². The Morgan fingerprint density at radius 1 is 1.21 bits per heavy atom. The summed E-state index contributed by atoms with van der Waals surface area (Å²) < 4.78 is 13.7. The van der Waals surface area contributed by atoms with Gasteiger partial charge in [0.05, 0.1) is 11.2 Å². The molecule has 0 radical (unpaired) electrons. The van der Waals surface area contributed by atoms with Gasteiger partial charge in [-0.05, 0) is 39.2 Å². The maximum Gasteiger partial charge on any atom is 0.496 e. The zero-order valence-electron chi connectivity index (χ0n) is 14.7. The van der Waals surface area contributed by atoms with Crippen LogP contribution >= 0.6 is 0 Å². The molecule has 0 spiro atoms. The zero-order chi connectivity index (χ0) is 17.5. The third-order valence-corrected chi connectivity index (χ3v) is 4.82. The van der Waals surface area contributed by atoms with Crippen LogP contribution in [0.2, 0.25) is 0 Å². The first-order valence-electron chi connectivity index (χ1n) is 7.99. The molecule has 1 aliphatic heterocycles. The van der Waals surface area contributed by atoms with Crippen LogP contribution in [0.3, 0.4) is 0 Å². The largest absolute Gasteiger partial charge is 0.496 e. The van der Waals surface area contributed by atoms with Crippen LogP contribution in [0.5, 0.6) is 0 Å². The normalized spacial score (nSPS) is 18.8. The van der Waals surface area contributed by atoms with Crippen LogP contribution in [0.15, 0.2) is 35.6 Å². The molecule has 6 nitrogen and oxygen atoms in total. The molecule has 2 aromatic rings. The maximum absolute atomic E-state index is 12.4. The van der Waals surface area contributed by atoms with Gasteiger partial charge in [-0.2, -0.15) is 0 Å². The highest BCUT2D eigenvalue weighted by Gasteiger charge is 2.51. The molecule has 1 aliphatic rings. The van der Waals surface area contributed by atoms with E-state index in [4.69, 9.17) is 9.31 Å². The summed E-state index contributed by atoms with van der Waals surface area (Å²) in [5, 5.41) is 0. The molecule has 0 saturated carbocycles. The summed E-state index contributed by atoms with van der Waals surface area (Å²) in [6.07, 6.45) is 5.37. The van der Waals surface area contributed by atoms with Crippen LogP contribution < -0.4 is 11.0 Å². The monoisotopic (exact) mass is 327 g/mol. The number of aryl methyl sites for hydroxylation is 1. The summed E-state index contributed by atoms with van der Waals surface area (Å²) in [7, 11) is 1.24. The van der Waals surface area contributed by atoms with Crippen LogP contribution in [0.1, 0.15) is 39.0 Å². The Labute approximate surface area is 142 Å². The Kier molecular flexibility index (Phi) is 4.09. The molecule has 2 aromatic heterocycles. The summed E-state index contributed by atoms with van der Waals surface area (Å²) in [6, 6.07) is 3.66. The molecule has 0 unspecified atom stereocenters. The van der Waals surface area contributed by atoms with Crippen LogP contribution in [0, 0.1) is 0 Å². The second-order valence-corrected chi connectivity index (χ2v) is 7.18. The average Bonchev–Trinajstić information content (AvgIpc) is 2.73. The van der Waals surface area contributed by atoms with E-state index in [1.165, 1.54) is 6.33 Å². The van der Waals surface area contributed by atoms with Gasteiger partial charge in [-0.25, -0.2) is 9.97 Å². The highest BCUT2D eigenvalue weighted by atomic mass is 16.7. The second kappa shape index (κ2) is 5.83. The van der Waals surface area contributed by atoms with E-state index in [9.17, 15) is 4.79 Å². The van der Waals surface area contributed by atoms with Crippen molar-refractivity contribution in [2.75, 3.05) is 0 Å². The Balaban J connectivity index is 1.95. The fourth-order valence-corrected chi connectivity index (χ4v) is 2.66. The molecule has 0 N–H and O–H groups in total. The minimum atomic E-state index is -0.494. The number of rotatable bonds is 3. The lowest BCUT2D eigenvalue weighted by atomic mass is 9.79. The van der Waals surface area contributed by atoms with Crippen LogP contribution in [0.4, 0.5) is 0 Å². The number of hydrogen-bond donors (Lipinski definition) is 0. The molecule has 0 aromatic carbocycles. The van der Waals surface area contributed by atoms with Crippen molar-refractivity contribution < 1.29 is 9.31 Å². The van der Waals surface area contributed by atoms with Crippen LogP contribution in [-0.4, -0.2) is 32.9 Å². The van der Waals surface area contributed by atoms with Gasteiger partial charge in [0.1, 0.15) is 6.33 Å². The van der Waals surface area contributed by atoms with E-state index in [2.05, 4.69) is 9.97 Å². The standard InChI is InChI=1S/C17H22BN3O3/c1-16(2)17(3,4)24-18(23-16)13-8-12(15(22)21(5)10-13)9-14-6-7-19-11-20-14/h6-8,10-11H,9H2,1-5H3. The summed E-state index contributed by atoms with van der Waals surface area (Å²) in [5.41, 5.74) is 1.41. The Morgan fingerprint density at radius 2 is 1.88 bits per heavy atom. The molecule has 24 heavy (non-hydrogen) atoms. The number of aromatic nitrogens is 3. The molecule has 1 saturated heterocycles. The van der Waals surface area contributed by atoms with Crippen molar-refractivity contribution in [1.29, 1.82) is 0 Å². The van der Waals surface area contributed by atoms with Crippen molar-refractivity contribution in [3.8, 4) is 0 Å². The number of nitrogens with zero attached hydrogens (tertiary/aromatic N) is 3. The first kappa shape index (κ1) is 16.9. The summed E-state index contributed by atoms with van der Waals surface area (Å²) in [6.45, 7) is 8.04. The van der Waals surface area contributed by atoms with E-state index >= 15 is 0 Å². The molecule has 0 bridgehead atoms. The quantitative estimate of drug-likeness (QED) is 0.789. The van der Waals surface area contributed by atoms with E-state index in [1.54, 1.807) is 30.1 Å². The van der Waals surface area contributed by atoms with Crippen molar-refractivity contribution >= 4 is 12.6 Å². The van der Waals surface area contributed by atoms with Gasteiger partial charge >= 0.3 is 7.12 Å². The third kappa shape index (κ3) is 3.01. The molecule has 126 valence electrons. The van der Waals surface area contributed by atoms with Gasteiger partial charge in [0.2, 0.25) is 0 Å². The fourth-order valence-electron chi connectivity index (χ4n) is 2.66. The lowest BCUT2D eigenvalue weighted by molar-refractivity contribution is 0.00578. The first-order chi connectivity index (χ1) is 11.2.